The van der Waals surface area contributed by atoms with Crippen LogP contribution in [0.5, 0.6) is 0 Å². The number of nitrogens with one attached hydrogen (secondary N) is 1. The molecule has 0 aliphatic heterocycles. The summed E-state index contributed by atoms with van der Waals surface area (Å²) in [6.07, 6.45) is 7.81. The van der Waals surface area contributed by atoms with Crippen molar-refractivity contribution in [1.29, 1.82) is 0 Å². The monoisotopic (exact) mass is 408 g/mol. The summed E-state index contributed by atoms with van der Waals surface area (Å²) in [4.78, 5) is 19.9. The van der Waals surface area contributed by atoms with E-state index in [0.29, 0.717) is 22.0 Å². The third kappa shape index (κ3) is 2.93. The van der Waals surface area contributed by atoms with Crippen molar-refractivity contribution in [3.63, 3.8) is 0 Å². The van der Waals surface area contributed by atoms with Gasteiger partial charge in [0.1, 0.15) is 5.82 Å². The van der Waals surface area contributed by atoms with Crippen molar-refractivity contribution in [3.05, 3.63) is 46.3 Å². The molecular weight excluding hydrogens is 384 g/mol. The van der Waals surface area contributed by atoms with Crippen LogP contribution in [0.15, 0.2) is 38.7 Å². The smallest absolute Gasteiger partial charge is 0.277 e. The summed E-state index contributed by atoms with van der Waals surface area (Å²) < 4.78 is 6.20. The topological polar surface area (TPSA) is 84.7 Å². The molecule has 4 aliphatic carbocycles. The number of fused-ring (bicyclic) bond motifs is 1. The van der Waals surface area contributed by atoms with Crippen LogP contribution in [0.3, 0.4) is 0 Å². The molecule has 2 heterocycles. The summed E-state index contributed by atoms with van der Waals surface area (Å²) in [5.74, 6) is 4.00. The maximum Gasteiger partial charge on any atom is 0.277 e. The van der Waals surface area contributed by atoms with Gasteiger partial charge in [-0.15, -0.1) is 10.2 Å². The van der Waals surface area contributed by atoms with E-state index in [1.54, 1.807) is 6.07 Å². The molecule has 1 aromatic carbocycles. The Kier molecular flexibility index (Phi) is 3.92. The van der Waals surface area contributed by atoms with Crippen LogP contribution in [0.4, 0.5) is 0 Å². The Bertz CT molecular complexity index is 1100. The highest BCUT2D eigenvalue weighted by Gasteiger charge is 2.54. The first-order chi connectivity index (χ1) is 14.1. The van der Waals surface area contributed by atoms with Crippen LogP contribution < -0.4 is 5.56 Å². The summed E-state index contributed by atoms with van der Waals surface area (Å²) in [6, 6.07) is 7.40. The molecule has 1 atom stereocenters. The normalized spacial score (nSPS) is 31.4. The number of thioether (sulfide) groups is 1. The molecule has 2 aromatic heterocycles. The van der Waals surface area contributed by atoms with Crippen LogP contribution in [0.1, 0.15) is 62.4 Å². The summed E-state index contributed by atoms with van der Waals surface area (Å²) in [5, 5.41) is 9.93. The Hall–Kier alpha value is -2.15. The SMILES string of the molecule is C[C@@H](Sc1nnc(C23CC4CC(CC(C4)C2)C3)o1)c1nc2ccccc2c(=O)[nH]1. The maximum absolute atomic E-state index is 12.4. The van der Waals surface area contributed by atoms with E-state index in [1.165, 1.54) is 50.3 Å². The van der Waals surface area contributed by atoms with Gasteiger partial charge < -0.3 is 9.40 Å². The molecule has 4 fully saturated rings. The van der Waals surface area contributed by atoms with Crippen molar-refractivity contribution in [1.82, 2.24) is 20.2 Å². The minimum Gasteiger partial charge on any atom is -0.415 e. The summed E-state index contributed by atoms with van der Waals surface area (Å²) in [6.45, 7) is 2.01. The van der Waals surface area contributed by atoms with E-state index in [0.717, 1.165) is 23.6 Å². The van der Waals surface area contributed by atoms with E-state index < -0.39 is 0 Å². The molecule has 4 saturated carbocycles. The number of aromatic nitrogens is 4. The van der Waals surface area contributed by atoms with E-state index in [2.05, 4.69) is 20.2 Å². The number of nitrogens with zero attached hydrogens (tertiary/aromatic N) is 3. The molecular formula is C22H24N4O2S. The lowest BCUT2D eigenvalue weighted by atomic mass is 9.49. The number of hydrogen-bond donors (Lipinski definition) is 1. The van der Waals surface area contributed by atoms with Crippen molar-refractivity contribution < 1.29 is 4.42 Å². The summed E-state index contributed by atoms with van der Waals surface area (Å²) >= 11 is 1.47. The van der Waals surface area contributed by atoms with E-state index in [-0.39, 0.29) is 16.2 Å². The molecule has 7 rings (SSSR count). The second-order valence-electron chi connectivity index (χ2n) is 9.30. The van der Waals surface area contributed by atoms with Crippen molar-refractivity contribution in [2.24, 2.45) is 17.8 Å². The van der Waals surface area contributed by atoms with Gasteiger partial charge in [-0.1, -0.05) is 23.9 Å². The molecule has 7 heteroatoms. The zero-order chi connectivity index (χ0) is 19.6. The third-order valence-corrected chi connectivity index (χ3v) is 8.14. The fourth-order valence-electron chi connectivity index (χ4n) is 6.35. The van der Waals surface area contributed by atoms with Crippen LogP contribution in [-0.2, 0) is 5.41 Å². The third-order valence-electron chi connectivity index (χ3n) is 7.19. The Balaban J connectivity index is 1.25. The first-order valence-corrected chi connectivity index (χ1v) is 11.5. The van der Waals surface area contributed by atoms with Gasteiger partial charge in [0.2, 0.25) is 5.89 Å². The molecule has 0 unspecified atom stereocenters. The highest BCUT2D eigenvalue weighted by Crippen LogP contribution is 2.60. The molecule has 4 bridgehead atoms. The van der Waals surface area contributed by atoms with E-state index >= 15 is 0 Å². The van der Waals surface area contributed by atoms with Crippen LogP contribution in [0, 0.1) is 17.8 Å². The van der Waals surface area contributed by atoms with Gasteiger partial charge in [0, 0.05) is 5.41 Å². The highest BCUT2D eigenvalue weighted by atomic mass is 32.2. The molecule has 6 nitrogen and oxygen atoms in total. The van der Waals surface area contributed by atoms with Crippen LogP contribution >= 0.6 is 11.8 Å². The molecule has 29 heavy (non-hydrogen) atoms. The highest BCUT2D eigenvalue weighted by molar-refractivity contribution is 7.99. The predicted molar refractivity (Wildman–Crippen MR) is 111 cm³/mol. The summed E-state index contributed by atoms with van der Waals surface area (Å²) in [5.41, 5.74) is 0.704. The zero-order valence-corrected chi connectivity index (χ0v) is 17.2. The van der Waals surface area contributed by atoms with Gasteiger partial charge in [-0.3, -0.25) is 4.79 Å². The first kappa shape index (κ1) is 17.7. The number of benzene rings is 1. The predicted octanol–water partition coefficient (Wildman–Crippen LogP) is 4.63. The zero-order valence-electron chi connectivity index (χ0n) is 16.4. The van der Waals surface area contributed by atoms with Gasteiger partial charge in [0.05, 0.1) is 16.2 Å². The molecule has 4 aliphatic rings. The molecule has 3 aromatic rings. The largest absolute Gasteiger partial charge is 0.415 e. The average molecular weight is 409 g/mol. The number of H-pyrrole nitrogens is 1. The van der Waals surface area contributed by atoms with Crippen molar-refractivity contribution >= 4 is 22.7 Å². The van der Waals surface area contributed by atoms with Gasteiger partial charge in [-0.05, 0) is 75.3 Å². The van der Waals surface area contributed by atoms with Gasteiger partial charge in [0.15, 0.2) is 0 Å². The number of aromatic amines is 1. The van der Waals surface area contributed by atoms with Crippen molar-refractivity contribution in [3.8, 4) is 0 Å². The maximum atomic E-state index is 12.4. The molecule has 0 radical (unpaired) electrons. The second kappa shape index (κ2) is 6.42. The fourth-order valence-corrected chi connectivity index (χ4v) is 7.09. The van der Waals surface area contributed by atoms with Gasteiger partial charge in [-0.25, -0.2) is 4.98 Å². The number of hydrogen-bond acceptors (Lipinski definition) is 6. The lowest BCUT2D eigenvalue weighted by molar-refractivity contribution is -0.0191. The Morgan fingerprint density at radius 3 is 2.52 bits per heavy atom. The van der Waals surface area contributed by atoms with Crippen LogP contribution in [-0.4, -0.2) is 20.2 Å². The number of rotatable bonds is 4. The second-order valence-corrected chi connectivity index (χ2v) is 10.6. The molecule has 0 spiro atoms. The van der Waals surface area contributed by atoms with Gasteiger partial charge >= 0.3 is 0 Å². The lowest BCUT2D eigenvalue weighted by Crippen LogP contribution is -2.48. The quantitative estimate of drug-likeness (QED) is 0.634. The van der Waals surface area contributed by atoms with Crippen molar-refractivity contribution in [2.45, 2.75) is 61.3 Å². The Morgan fingerprint density at radius 1 is 1.10 bits per heavy atom. The molecule has 1 N–H and O–H groups in total. The molecule has 150 valence electrons. The minimum atomic E-state index is -0.113. The standard InChI is InChI=1S/C22H24N4O2S/c1-12(18-23-17-5-3-2-4-16(17)19(27)24-18)29-21-26-25-20(28-21)22-9-13-6-14(10-22)8-15(7-13)11-22/h2-5,12-15H,6-11H2,1H3,(H,23,24,27)/t12-,13?,14?,15?,22?/m1/s1. The van der Waals surface area contributed by atoms with E-state index in [4.69, 9.17) is 4.42 Å². The Labute approximate surface area is 172 Å². The van der Waals surface area contributed by atoms with E-state index in [1.807, 2.05) is 25.1 Å². The molecule has 0 saturated heterocycles. The number of para-hydroxylation sites is 1. The average Bonchev–Trinajstić information content (AvgIpc) is 3.16. The first-order valence-electron chi connectivity index (χ1n) is 10.6. The van der Waals surface area contributed by atoms with Crippen LogP contribution in [0.2, 0.25) is 0 Å². The van der Waals surface area contributed by atoms with Gasteiger partial charge in [0.25, 0.3) is 10.8 Å². The van der Waals surface area contributed by atoms with Gasteiger partial charge in [-0.2, -0.15) is 0 Å². The molecule has 0 amide bonds. The van der Waals surface area contributed by atoms with E-state index in [9.17, 15) is 4.79 Å². The lowest BCUT2D eigenvalue weighted by Gasteiger charge is -2.55. The van der Waals surface area contributed by atoms with Crippen LogP contribution in [0.25, 0.3) is 10.9 Å². The minimum absolute atomic E-state index is 0.0861. The Morgan fingerprint density at radius 2 is 1.79 bits per heavy atom. The van der Waals surface area contributed by atoms with Crippen molar-refractivity contribution in [2.75, 3.05) is 0 Å². The fraction of sp³-hybridized carbons (Fsp3) is 0.545. The summed E-state index contributed by atoms with van der Waals surface area (Å²) in [7, 11) is 0.